The predicted molar refractivity (Wildman–Crippen MR) is 123 cm³/mol. The third kappa shape index (κ3) is 6.82. The molecule has 7 heteroatoms. The second-order valence-corrected chi connectivity index (χ2v) is 9.07. The first-order valence-corrected chi connectivity index (χ1v) is 11.6. The maximum atomic E-state index is 12.8. The molecular formula is C24H39N3O4. The highest BCUT2D eigenvalue weighted by Gasteiger charge is 2.34. The van der Waals surface area contributed by atoms with Crippen LogP contribution in [-0.4, -0.2) is 81.9 Å². The molecule has 1 amide bonds. The van der Waals surface area contributed by atoms with Crippen molar-refractivity contribution in [2.24, 2.45) is 11.8 Å². The Kier molecular flexibility index (Phi) is 8.99. The number of carbonyl (C=O) groups excluding carboxylic acids is 1. The third-order valence-corrected chi connectivity index (χ3v) is 6.34. The van der Waals surface area contributed by atoms with Gasteiger partial charge >= 0.3 is 0 Å². The van der Waals surface area contributed by atoms with E-state index in [4.69, 9.17) is 14.2 Å². The van der Waals surface area contributed by atoms with Gasteiger partial charge in [0.15, 0.2) is 0 Å². The van der Waals surface area contributed by atoms with Gasteiger partial charge in [0.2, 0.25) is 5.91 Å². The predicted octanol–water partition coefficient (Wildman–Crippen LogP) is 3.10. The number of nitrogens with zero attached hydrogens (tertiary/aromatic N) is 2. The summed E-state index contributed by atoms with van der Waals surface area (Å²) in [6, 6.07) is 5.99. The standard InChI is InChI=1S/C24H39N3O4/c1-18(2)16-26-10-9-22(27-11-13-31-14-12-27)19(17-26)5-8-24(28)25-21-7-6-20(29-3)15-23(21)30-4/h6-7,15,18-19,22H,5,8-14,16-17H2,1-4H3,(H,25,28)/t19-,22+/m0/s1. The molecule has 0 bridgehead atoms. The van der Waals surface area contributed by atoms with E-state index in [-0.39, 0.29) is 5.91 Å². The van der Waals surface area contributed by atoms with Crippen molar-refractivity contribution in [3.8, 4) is 11.5 Å². The molecule has 0 unspecified atom stereocenters. The quantitative estimate of drug-likeness (QED) is 0.646. The summed E-state index contributed by atoms with van der Waals surface area (Å²) in [4.78, 5) is 17.9. The summed E-state index contributed by atoms with van der Waals surface area (Å²) in [7, 11) is 3.22. The van der Waals surface area contributed by atoms with Crippen LogP contribution >= 0.6 is 0 Å². The topological polar surface area (TPSA) is 63.3 Å². The zero-order chi connectivity index (χ0) is 22.2. The Morgan fingerprint density at radius 2 is 1.97 bits per heavy atom. The molecule has 0 aromatic heterocycles. The first-order chi connectivity index (χ1) is 15.0. The van der Waals surface area contributed by atoms with E-state index in [1.54, 1.807) is 20.3 Å². The highest BCUT2D eigenvalue weighted by Crippen LogP contribution is 2.30. The van der Waals surface area contributed by atoms with Gasteiger partial charge in [0.1, 0.15) is 11.5 Å². The summed E-state index contributed by atoms with van der Waals surface area (Å²) >= 11 is 0. The number of hydrogen-bond donors (Lipinski definition) is 1. The van der Waals surface area contributed by atoms with E-state index in [0.29, 0.717) is 41.5 Å². The van der Waals surface area contributed by atoms with Crippen molar-refractivity contribution in [3.63, 3.8) is 0 Å². The van der Waals surface area contributed by atoms with Crippen LogP contribution in [0, 0.1) is 11.8 Å². The highest BCUT2D eigenvalue weighted by atomic mass is 16.5. The van der Waals surface area contributed by atoms with Gasteiger partial charge in [0, 0.05) is 44.7 Å². The van der Waals surface area contributed by atoms with Gasteiger partial charge < -0.3 is 24.4 Å². The minimum Gasteiger partial charge on any atom is -0.497 e. The summed E-state index contributed by atoms with van der Waals surface area (Å²) in [6.45, 7) is 11.5. The highest BCUT2D eigenvalue weighted by molar-refractivity contribution is 5.92. The fourth-order valence-electron chi connectivity index (χ4n) is 4.88. The molecular weight excluding hydrogens is 394 g/mol. The lowest BCUT2D eigenvalue weighted by molar-refractivity contribution is -0.116. The fourth-order valence-corrected chi connectivity index (χ4v) is 4.88. The van der Waals surface area contributed by atoms with Crippen molar-refractivity contribution < 1.29 is 19.0 Å². The van der Waals surface area contributed by atoms with Crippen molar-refractivity contribution in [2.75, 3.05) is 65.5 Å². The molecule has 2 aliphatic heterocycles. The monoisotopic (exact) mass is 433 g/mol. The van der Waals surface area contributed by atoms with Crippen molar-refractivity contribution in [1.29, 1.82) is 0 Å². The van der Waals surface area contributed by atoms with Crippen molar-refractivity contribution >= 4 is 11.6 Å². The van der Waals surface area contributed by atoms with E-state index < -0.39 is 0 Å². The number of carbonyl (C=O) groups is 1. The van der Waals surface area contributed by atoms with E-state index in [2.05, 4.69) is 29.0 Å². The molecule has 7 nitrogen and oxygen atoms in total. The molecule has 0 radical (unpaired) electrons. The van der Waals surface area contributed by atoms with Gasteiger partial charge in [-0.05, 0) is 43.4 Å². The number of piperidine rings is 1. The Bertz CT molecular complexity index is 706. The summed E-state index contributed by atoms with van der Waals surface area (Å²) in [5, 5.41) is 3.02. The van der Waals surface area contributed by atoms with Gasteiger partial charge in [-0.2, -0.15) is 0 Å². The summed E-state index contributed by atoms with van der Waals surface area (Å²) in [5.74, 6) is 2.50. The number of hydrogen-bond acceptors (Lipinski definition) is 6. The van der Waals surface area contributed by atoms with Crippen LogP contribution in [0.2, 0.25) is 0 Å². The number of likely N-dealkylation sites (tertiary alicyclic amines) is 1. The molecule has 1 N–H and O–H groups in total. The lowest BCUT2D eigenvalue weighted by atomic mass is 9.86. The van der Waals surface area contributed by atoms with Crippen LogP contribution in [0.15, 0.2) is 18.2 Å². The average Bonchev–Trinajstić information content (AvgIpc) is 2.78. The van der Waals surface area contributed by atoms with Gasteiger partial charge in [-0.3, -0.25) is 9.69 Å². The molecule has 2 fully saturated rings. The third-order valence-electron chi connectivity index (χ3n) is 6.34. The molecule has 2 aliphatic rings. The molecule has 2 saturated heterocycles. The largest absolute Gasteiger partial charge is 0.497 e. The number of benzene rings is 1. The van der Waals surface area contributed by atoms with Gasteiger partial charge in [0.05, 0.1) is 33.1 Å². The summed E-state index contributed by atoms with van der Waals surface area (Å²) in [5.41, 5.74) is 0.683. The van der Waals surface area contributed by atoms with E-state index in [1.807, 2.05) is 12.1 Å². The molecule has 174 valence electrons. The zero-order valence-electron chi connectivity index (χ0n) is 19.6. The minimum atomic E-state index is 0.0326. The van der Waals surface area contributed by atoms with Crippen LogP contribution in [-0.2, 0) is 9.53 Å². The maximum Gasteiger partial charge on any atom is 0.224 e. The number of anilines is 1. The summed E-state index contributed by atoms with van der Waals surface area (Å²) in [6.07, 6.45) is 2.57. The fraction of sp³-hybridized carbons (Fsp3) is 0.708. The number of nitrogens with one attached hydrogen (secondary N) is 1. The van der Waals surface area contributed by atoms with E-state index in [9.17, 15) is 4.79 Å². The molecule has 0 saturated carbocycles. The van der Waals surface area contributed by atoms with Gasteiger partial charge in [0.25, 0.3) is 0 Å². The van der Waals surface area contributed by atoms with Gasteiger partial charge in [-0.15, -0.1) is 0 Å². The van der Waals surface area contributed by atoms with Crippen molar-refractivity contribution in [1.82, 2.24) is 9.80 Å². The smallest absolute Gasteiger partial charge is 0.224 e. The van der Waals surface area contributed by atoms with Crippen molar-refractivity contribution in [2.45, 2.75) is 39.2 Å². The molecule has 1 aromatic carbocycles. The minimum absolute atomic E-state index is 0.0326. The Labute approximate surface area is 187 Å². The molecule has 2 atom stereocenters. The molecule has 31 heavy (non-hydrogen) atoms. The van der Waals surface area contributed by atoms with Crippen LogP contribution in [0.3, 0.4) is 0 Å². The van der Waals surface area contributed by atoms with Crippen LogP contribution < -0.4 is 14.8 Å². The first-order valence-electron chi connectivity index (χ1n) is 11.6. The molecule has 1 aromatic rings. The number of ether oxygens (including phenoxy) is 3. The molecule has 3 rings (SSSR count). The van der Waals surface area contributed by atoms with Gasteiger partial charge in [-0.1, -0.05) is 13.8 Å². The molecule has 2 heterocycles. The first kappa shape index (κ1) is 23.8. The van der Waals surface area contributed by atoms with E-state index in [0.717, 1.165) is 52.4 Å². The maximum absolute atomic E-state index is 12.8. The lowest BCUT2D eigenvalue weighted by Gasteiger charge is -2.45. The van der Waals surface area contributed by atoms with Crippen molar-refractivity contribution in [3.05, 3.63) is 18.2 Å². The van der Waals surface area contributed by atoms with E-state index in [1.165, 1.54) is 6.42 Å². The molecule has 0 spiro atoms. The van der Waals surface area contributed by atoms with Crippen LogP contribution in [0.1, 0.15) is 33.1 Å². The Balaban J connectivity index is 1.60. The van der Waals surface area contributed by atoms with Crippen LogP contribution in [0.5, 0.6) is 11.5 Å². The van der Waals surface area contributed by atoms with Gasteiger partial charge in [-0.25, -0.2) is 0 Å². The number of amides is 1. The summed E-state index contributed by atoms with van der Waals surface area (Å²) < 4.78 is 16.2. The molecule has 0 aliphatic carbocycles. The van der Waals surface area contributed by atoms with Crippen LogP contribution in [0.25, 0.3) is 0 Å². The Hall–Kier alpha value is -1.83. The number of rotatable bonds is 9. The zero-order valence-corrected chi connectivity index (χ0v) is 19.6. The van der Waals surface area contributed by atoms with Crippen LogP contribution in [0.4, 0.5) is 5.69 Å². The Morgan fingerprint density at radius 1 is 1.19 bits per heavy atom. The average molecular weight is 434 g/mol. The second kappa shape index (κ2) is 11.7. The lowest BCUT2D eigenvalue weighted by Crippen LogP contribution is -2.54. The number of morpholine rings is 1. The SMILES string of the molecule is COc1ccc(NC(=O)CC[C@H]2CN(CC(C)C)CC[C@H]2N2CCOCC2)c(OC)c1. The van der Waals surface area contributed by atoms with E-state index >= 15 is 0 Å². The normalized spacial score (nSPS) is 23.0. The number of methoxy groups -OCH3 is 2. The Morgan fingerprint density at radius 3 is 2.65 bits per heavy atom. The second-order valence-electron chi connectivity index (χ2n) is 9.07.